The van der Waals surface area contributed by atoms with Crippen LogP contribution in [0, 0.1) is 29.5 Å². The predicted molar refractivity (Wildman–Crippen MR) is 172 cm³/mol. The number of hydrogen-bond donors (Lipinski definition) is 2. The number of aromatic nitrogens is 3. The van der Waals surface area contributed by atoms with Crippen molar-refractivity contribution >= 4 is 28.1 Å². The highest BCUT2D eigenvalue weighted by molar-refractivity contribution is 6.06. The Bertz CT molecular complexity index is 2060. The van der Waals surface area contributed by atoms with Crippen LogP contribution in [0.3, 0.4) is 0 Å². The van der Waals surface area contributed by atoms with Crippen LogP contribution in [0.25, 0.3) is 27.7 Å². The number of ether oxygens (including phenoxy) is 1. The summed E-state index contributed by atoms with van der Waals surface area (Å²) in [4.78, 5) is 17.4. The van der Waals surface area contributed by atoms with E-state index < -0.39 is 45.7 Å². The topological polar surface area (TPSA) is 116 Å². The van der Waals surface area contributed by atoms with Crippen molar-refractivity contribution in [3.8, 4) is 23.3 Å². The smallest absolute Gasteiger partial charge is 0.418 e. The lowest BCUT2D eigenvalue weighted by Crippen LogP contribution is -2.58. The van der Waals surface area contributed by atoms with Gasteiger partial charge in [0.25, 0.3) is 5.92 Å². The third-order valence-corrected chi connectivity index (χ3v) is 12.1. The van der Waals surface area contributed by atoms with Crippen molar-refractivity contribution in [3.63, 3.8) is 0 Å². The van der Waals surface area contributed by atoms with Crippen LogP contribution in [0.4, 0.5) is 38.0 Å². The van der Waals surface area contributed by atoms with Crippen molar-refractivity contribution in [2.45, 2.75) is 87.6 Å². The monoisotopic (exact) mass is 696 g/mol. The number of benzene rings is 1. The molecule has 0 unspecified atom stereocenters. The van der Waals surface area contributed by atoms with Crippen LogP contribution < -0.4 is 20.7 Å². The Balaban J connectivity index is 1.26. The number of piperazine rings is 1. The van der Waals surface area contributed by atoms with Gasteiger partial charge in [0.2, 0.25) is 0 Å². The molecular weight excluding hydrogens is 662 g/mol. The number of alkyl halides is 5. The lowest BCUT2D eigenvalue weighted by atomic mass is 9.87. The van der Waals surface area contributed by atoms with E-state index in [9.17, 15) is 27.2 Å². The van der Waals surface area contributed by atoms with Crippen molar-refractivity contribution in [1.29, 1.82) is 5.26 Å². The summed E-state index contributed by atoms with van der Waals surface area (Å²) in [7, 11) is 0. The summed E-state index contributed by atoms with van der Waals surface area (Å²) in [5, 5.41) is 14.4. The van der Waals surface area contributed by atoms with E-state index in [4.69, 9.17) is 15.5 Å². The number of halogens is 6. The minimum absolute atomic E-state index is 0.00940. The van der Waals surface area contributed by atoms with Gasteiger partial charge in [-0.15, -0.1) is 0 Å². The first-order chi connectivity index (χ1) is 23.7. The number of rotatable bonds is 4. The van der Waals surface area contributed by atoms with Crippen molar-refractivity contribution in [2.75, 3.05) is 36.9 Å². The number of nitrogens with zero attached hydrogens (tertiary/aromatic N) is 6. The number of nitrogen functional groups attached to an aromatic ring is 1. The fourth-order valence-corrected chi connectivity index (χ4v) is 9.88. The molecule has 3 aromatic rings. The third kappa shape index (κ3) is 4.36. The first-order valence-electron chi connectivity index (χ1n) is 16.9. The Morgan fingerprint density at radius 2 is 1.96 bits per heavy atom. The zero-order chi connectivity index (χ0) is 35.1. The van der Waals surface area contributed by atoms with Gasteiger partial charge in [-0.3, -0.25) is 4.90 Å². The molecule has 50 heavy (non-hydrogen) atoms. The average Bonchev–Trinajstić information content (AvgIpc) is 3.36. The van der Waals surface area contributed by atoms with E-state index in [1.54, 1.807) is 0 Å². The first-order valence-corrected chi connectivity index (χ1v) is 16.9. The second-order valence-corrected chi connectivity index (χ2v) is 15.1. The Kier molecular flexibility index (Phi) is 6.50. The molecule has 0 radical (unpaired) electrons. The second kappa shape index (κ2) is 10.2. The van der Waals surface area contributed by atoms with Crippen molar-refractivity contribution in [2.24, 2.45) is 5.41 Å². The van der Waals surface area contributed by atoms with Crippen LogP contribution in [0.5, 0.6) is 6.01 Å². The summed E-state index contributed by atoms with van der Waals surface area (Å²) < 4.78 is 96.4. The number of pyridine rings is 1. The molecule has 5 fully saturated rings. The summed E-state index contributed by atoms with van der Waals surface area (Å²) in [6.07, 6.45) is -1.31. The number of fused-ring (bicyclic) bond motifs is 6. The van der Waals surface area contributed by atoms with Gasteiger partial charge in [-0.2, -0.15) is 28.4 Å². The van der Waals surface area contributed by atoms with E-state index in [0.717, 1.165) is 25.3 Å². The van der Waals surface area contributed by atoms with Gasteiger partial charge < -0.3 is 20.7 Å². The molecule has 4 saturated heterocycles. The van der Waals surface area contributed by atoms with Gasteiger partial charge >= 0.3 is 12.2 Å². The molecule has 0 amide bonds. The molecule has 1 aliphatic carbocycles. The maximum absolute atomic E-state index is 17.2. The lowest BCUT2D eigenvalue weighted by molar-refractivity contribution is -0.137. The highest BCUT2D eigenvalue weighted by atomic mass is 19.4. The van der Waals surface area contributed by atoms with E-state index in [0.29, 0.717) is 37.3 Å². The maximum Gasteiger partial charge on any atom is 0.418 e. The number of aryl methyl sites for hydroxylation is 1. The average molecular weight is 697 g/mol. The highest BCUT2D eigenvalue weighted by Gasteiger charge is 2.77. The number of nitrogens with one attached hydrogen (secondary N) is 1. The summed E-state index contributed by atoms with van der Waals surface area (Å²) in [5.74, 6) is -3.91. The van der Waals surface area contributed by atoms with E-state index in [1.165, 1.54) is 6.92 Å². The highest BCUT2D eigenvalue weighted by Crippen LogP contribution is 2.69. The van der Waals surface area contributed by atoms with Crippen LogP contribution >= 0.6 is 0 Å². The van der Waals surface area contributed by atoms with Crippen LogP contribution in [0.15, 0.2) is 12.6 Å². The Hall–Kier alpha value is -4.16. The lowest BCUT2D eigenvalue weighted by Gasteiger charge is -2.41. The molecular formula is C35H34F6N8O. The molecule has 1 aromatic carbocycles. The third-order valence-electron chi connectivity index (χ3n) is 12.1. The molecule has 5 aliphatic heterocycles. The first kappa shape index (κ1) is 31.8. The maximum atomic E-state index is 17.2. The molecule has 3 N–H and O–H groups in total. The van der Waals surface area contributed by atoms with E-state index in [-0.39, 0.29) is 83.5 Å². The fraction of sp³-hybridized carbons (Fsp3) is 0.543. The fourth-order valence-electron chi connectivity index (χ4n) is 9.88. The largest absolute Gasteiger partial charge is 0.461 e. The predicted octanol–water partition coefficient (Wildman–Crippen LogP) is 5.98. The van der Waals surface area contributed by atoms with Crippen LogP contribution in [0.1, 0.15) is 67.2 Å². The molecule has 5 atom stereocenters. The molecule has 1 saturated carbocycles. The standard InChI is InChI=1S/C35H34F6N8O/c1-16-8-21-20-5-4-18(44-20)11-49(21)30-25-23(16)19(10-42)24(28-26(35(39,40)41)17(2)9-22(43)45-28)27(36)29(25)46-31(47-30)50-15-33-6-3-7-48(33)14-32(12-33)13-34(32,37)38/h9,18,20-21,44H,1,3-8,11-15H2,2H3,(H2,43,45)/t18-,20+,21-,32+,33+/m1/s1. The van der Waals surface area contributed by atoms with Crippen LogP contribution in [-0.4, -0.2) is 75.7 Å². The number of nitrogens with two attached hydrogens (primary N) is 1. The second-order valence-electron chi connectivity index (χ2n) is 15.1. The van der Waals surface area contributed by atoms with Gasteiger partial charge in [0.05, 0.1) is 38.7 Å². The van der Waals surface area contributed by atoms with E-state index in [1.807, 2.05) is 6.07 Å². The number of nitriles is 1. The molecule has 6 aliphatic rings. The van der Waals surface area contributed by atoms with Gasteiger partial charge in [-0.05, 0) is 69.2 Å². The SMILES string of the molecule is C=C1C[C@@H]2[C@@H]3CC[C@H](CN2c2nc(OC[C@@]45CCCN4C[C@@]4(CC4(F)F)C5)nc4c(F)c(-c5nc(N)cc(C)c5C(F)(F)F)c(C#N)c1c24)N3. The number of hydrogen-bond acceptors (Lipinski definition) is 9. The molecule has 15 heteroatoms. The molecule has 9 nitrogen and oxygen atoms in total. The van der Waals surface area contributed by atoms with Crippen LogP contribution in [-0.2, 0) is 6.18 Å². The quantitative estimate of drug-likeness (QED) is 0.318. The summed E-state index contributed by atoms with van der Waals surface area (Å²) in [5.41, 5.74) is 1.08. The van der Waals surface area contributed by atoms with Crippen LogP contribution in [0.2, 0.25) is 0 Å². The summed E-state index contributed by atoms with van der Waals surface area (Å²) in [6, 6.07) is 2.76. The molecule has 262 valence electrons. The zero-order valence-electron chi connectivity index (χ0n) is 27.2. The molecule has 2 bridgehead atoms. The van der Waals surface area contributed by atoms with Gasteiger partial charge in [0, 0.05) is 43.2 Å². The normalized spacial score (nSPS) is 30.8. The van der Waals surface area contributed by atoms with Gasteiger partial charge in [0.1, 0.15) is 29.8 Å². The van der Waals surface area contributed by atoms with E-state index in [2.05, 4.69) is 31.7 Å². The molecule has 2 aromatic heterocycles. The van der Waals surface area contributed by atoms with Gasteiger partial charge in [-0.25, -0.2) is 18.2 Å². The molecule has 1 spiro atoms. The zero-order valence-corrected chi connectivity index (χ0v) is 27.2. The number of anilines is 2. The summed E-state index contributed by atoms with van der Waals surface area (Å²) >= 11 is 0. The molecule has 7 heterocycles. The minimum atomic E-state index is -4.96. The van der Waals surface area contributed by atoms with Crippen molar-refractivity contribution < 1.29 is 31.1 Å². The molecule has 9 rings (SSSR count). The van der Waals surface area contributed by atoms with Gasteiger partial charge in [-0.1, -0.05) is 6.58 Å². The summed E-state index contributed by atoms with van der Waals surface area (Å²) in [6.45, 7) is 6.91. The Morgan fingerprint density at radius 3 is 2.68 bits per heavy atom. The van der Waals surface area contributed by atoms with Crippen molar-refractivity contribution in [1.82, 2.24) is 25.2 Å². The van der Waals surface area contributed by atoms with E-state index >= 15 is 4.39 Å². The Morgan fingerprint density at radius 1 is 1.18 bits per heavy atom. The Labute approximate surface area is 283 Å². The van der Waals surface area contributed by atoms with Crippen molar-refractivity contribution in [3.05, 3.63) is 40.7 Å². The minimum Gasteiger partial charge on any atom is -0.461 e. The van der Waals surface area contributed by atoms with Gasteiger partial charge in [0.15, 0.2) is 5.82 Å².